The van der Waals surface area contributed by atoms with E-state index in [1.165, 1.54) is 10.5 Å². The molecule has 1 heterocycles. The Balaban J connectivity index is 2.19. The normalized spacial score (nSPS) is 16.5. The van der Waals surface area contributed by atoms with Crippen LogP contribution in [0, 0.1) is 0 Å². The average molecular weight is 249 g/mol. The van der Waals surface area contributed by atoms with Gasteiger partial charge in [-0.05, 0) is 36.6 Å². The molecule has 1 atom stereocenters. The third-order valence-electron chi connectivity index (χ3n) is 2.87. The molecule has 0 amide bonds. The SMILES string of the molecule is CCNC(C1=CCCO1)c1ccc(SC)cc1. The first-order chi connectivity index (χ1) is 8.35. The highest BCUT2D eigenvalue weighted by Crippen LogP contribution is 2.27. The van der Waals surface area contributed by atoms with Crippen LogP contribution in [0.5, 0.6) is 0 Å². The Kier molecular flexibility index (Phi) is 4.51. The first-order valence-corrected chi connectivity index (χ1v) is 7.27. The van der Waals surface area contributed by atoms with Crippen molar-refractivity contribution in [2.24, 2.45) is 0 Å². The van der Waals surface area contributed by atoms with E-state index >= 15 is 0 Å². The molecule has 92 valence electrons. The number of likely N-dealkylation sites (N-methyl/N-ethyl adjacent to an activating group) is 1. The Labute approximate surface area is 107 Å². The molecule has 3 heteroatoms. The van der Waals surface area contributed by atoms with Crippen LogP contribution in [0.1, 0.15) is 24.9 Å². The molecule has 2 rings (SSSR count). The van der Waals surface area contributed by atoms with Crippen molar-refractivity contribution in [1.82, 2.24) is 5.32 Å². The summed E-state index contributed by atoms with van der Waals surface area (Å²) < 4.78 is 5.67. The van der Waals surface area contributed by atoms with E-state index in [4.69, 9.17) is 4.74 Å². The fraction of sp³-hybridized carbons (Fsp3) is 0.429. The third-order valence-corrected chi connectivity index (χ3v) is 3.62. The zero-order valence-corrected chi connectivity index (χ0v) is 11.2. The van der Waals surface area contributed by atoms with Crippen molar-refractivity contribution < 1.29 is 4.74 Å². The highest BCUT2D eigenvalue weighted by atomic mass is 32.2. The van der Waals surface area contributed by atoms with Crippen LogP contribution in [0.15, 0.2) is 41.0 Å². The van der Waals surface area contributed by atoms with E-state index in [1.54, 1.807) is 11.8 Å². The van der Waals surface area contributed by atoms with Gasteiger partial charge in [0, 0.05) is 11.3 Å². The molecule has 0 saturated carbocycles. The first-order valence-electron chi connectivity index (χ1n) is 6.05. The molecule has 0 radical (unpaired) electrons. The molecule has 0 aliphatic carbocycles. The molecule has 0 spiro atoms. The van der Waals surface area contributed by atoms with Crippen LogP contribution in [-0.2, 0) is 4.74 Å². The van der Waals surface area contributed by atoms with Crippen molar-refractivity contribution in [1.29, 1.82) is 0 Å². The standard InChI is InChI=1S/C14H19NOS/c1-3-15-14(13-5-4-10-16-13)11-6-8-12(17-2)9-7-11/h5-9,14-15H,3-4,10H2,1-2H3. The van der Waals surface area contributed by atoms with Crippen LogP contribution in [0.4, 0.5) is 0 Å². The van der Waals surface area contributed by atoms with E-state index < -0.39 is 0 Å². The van der Waals surface area contributed by atoms with Crippen molar-refractivity contribution in [3.63, 3.8) is 0 Å². The number of ether oxygens (including phenoxy) is 1. The van der Waals surface area contributed by atoms with Crippen molar-refractivity contribution in [2.75, 3.05) is 19.4 Å². The van der Waals surface area contributed by atoms with E-state index in [1.807, 2.05) is 0 Å². The highest BCUT2D eigenvalue weighted by Gasteiger charge is 2.19. The third kappa shape index (κ3) is 3.05. The van der Waals surface area contributed by atoms with Gasteiger partial charge < -0.3 is 10.1 Å². The van der Waals surface area contributed by atoms with Gasteiger partial charge in [-0.2, -0.15) is 0 Å². The molecule has 1 unspecified atom stereocenters. The van der Waals surface area contributed by atoms with Crippen LogP contribution in [0.3, 0.4) is 0 Å². The lowest BCUT2D eigenvalue weighted by Gasteiger charge is -2.19. The van der Waals surface area contributed by atoms with Gasteiger partial charge in [-0.15, -0.1) is 11.8 Å². The second-order valence-electron chi connectivity index (χ2n) is 4.01. The van der Waals surface area contributed by atoms with Crippen molar-refractivity contribution in [3.8, 4) is 0 Å². The van der Waals surface area contributed by atoms with E-state index in [0.29, 0.717) is 0 Å². The summed E-state index contributed by atoms with van der Waals surface area (Å²) in [7, 11) is 0. The molecule has 1 N–H and O–H groups in total. The molecule has 1 aromatic carbocycles. The maximum absolute atomic E-state index is 5.67. The zero-order chi connectivity index (χ0) is 12.1. The number of hydrogen-bond acceptors (Lipinski definition) is 3. The van der Waals surface area contributed by atoms with Crippen LogP contribution < -0.4 is 5.32 Å². The van der Waals surface area contributed by atoms with Gasteiger partial charge in [-0.3, -0.25) is 0 Å². The number of nitrogens with one attached hydrogen (secondary N) is 1. The molecule has 1 aliphatic heterocycles. The number of benzene rings is 1. The van der Waals surface area contributed by atoms with Crippen LogP contribution in [0.25, 0.3) is 0 Å². The smallest absolute Gasteiger partial charge is 0.114 e. The van der Waals surface area contributed by atoms with Crippen molar-refractivity contribution in [3.05, 3.63) is 41.7 Å². The summed E-state index contributed by atoms with van der Waals surface area (Å²) in [5.41, 5.74) is 1.28. The molecule has 17 heavy (non-hydrogen) atoms. The largest absolute Gasteiger partial charge is 0.496 e. The quantitative estimate of drug-likeness (QED) is 0.808. The fourth-order valence-electron chi connectivity index (χ4n) is 2.02. The number of thioether (sulfide) groups is 1. The highest BCUT2D eigenvalue weighted by molar-refractivity contribution is 7.98. The van der Waals surface area contributed by atoms with E-state index in [9.17, 15) is 0 Å². The minimum Gasteiger partial charge on any atom is -0.496 e. The van der Waals surface area contributed by atoms with Crippen LogP contribution in [-0.4, -0.2) is 19.4 Å². The molecule has 0 fully saturated rings. The van der Waals surface area contributed by atoms with Crippen LogP contribution in [0.2, 0.25) is 0 Å². The van der Waals surface area contributed by atoms with Gasteiger partial charge in [0.05, 0.1) is 12.6 Å². The van der Waals surface area contributed by atoms with Gasteiger partial charge in [0.1, 0.15) is 5.76 Å². The van der Waals surface area contributed by atoms with E-state index in [0.717, 1.165) is 25.3 Å². The molecule has 0 aromatic heterocycles. The molecule has 1 aromatic rings. The number of rotatable bonds is 5. The topological polar surface area (TPSA) is 21.3 Å². The summed E-state index contributed by atoms with van der Waals surface area (Å²) in [5, 5.41) is 3.48. The van der Waals surface area contributed by atoms with Crippen LogP contribution >= 0.6 is 11.8 Å². The Morgan fingerprint density at radius 2 is 2.12 bits per heavy atom. The molecule has 1 aliphatic rings. The Morgan fingerprint density at radius 3 is 2.65 bits per heavy atom. The monoisotopic (exact) mass is 249 g/mol. The summed E-state index contributed by atoms with van der Waals surface area (Å²) >= 11 is 1.77. The van der Waals surface area contributed by atoms with Gasteiger partial charge in [0.25, 0.3) is 0 Å². The first kappa shape index (κ1) is 12.5. The average Bonchev–Trinajstić information content (AvgIpc) is 2.90. The second kappa shape index (κ2) is 6.12. The molecular weight excluding hydrogens is 230 g/mol. The maximum atomic E-state index is 5.67. The molecule has 0 bridgehead atoms. The molecule has 0 saturated heterocycles. The predicted octanol–water partition coefficient (Wildman–Crippen LogP) is 3.36. The van der Waals surface area contributed by atoms with Gasteiger partial charge in [-0.1, -0.05) is 19.1 Å². The fourth-order valence-corrected chi connectivity index (χ4v) is 2.43. The van der Waals surface area contributed by atoms with Gasteiger partial charge in [0.15, 0.2) is 0 Å². The van der Waals surface area contributed by atoms with Gasteiger partial charge >= 0.3 is 0 Å². The summed E-state index contributed by atoms with van der Waals surface area (Å²) in [6.07, 6.45) is 5.31. The predicted molar refractivity (Wildman–Crippen MR) is 73.3 cm³/mol. The summed E-state index contributed by atoms with van der Waals surface area (Å²) in [6.45, 7) is 3.88. The van der Waals surface area contributed by atoms with Crippen molar-refractivity contribution in [2.45, 2.75) is 24.3 Å². The van der Waals surface area contributed by atoms with E-state index in [-0.39, 0.29) is 6.04 Å². The summed E-state index contributed by atoms with van der Waals surface area (Å²) in [5.74, 6) is 1.07. The Morgan fingerprint density at radius 1 is 1.35 bits per heavy atom. The lowest BCUT2D eigenvalue weighted by Crippen LogP contribution is -2.23. The van der Waals surface area contributed by atoms with Crippen molar-refractivity contribution >= 4 is 11.8 Å². The summed E-state index contributed by atoms with van der Waals surface area (Å²) in [4.78, 5) is 1.30. The lowest BCUT2D eigenvalue weighted by molar-refractivity contribution is 0.216. The van der Waals surface area contributed by atoms with Gasteiger partial charge in [-0.25, -0.2) is 0 Å². The second-order valence-corrected chi connectivity index (χ2v) is 4.89. The Bertz CT molecular complexity index is 386. The minimum absolute atomic E-state index is 0.207. The lowest BCUT2D eigenvalue weighted by atomic mass is 10.0. The summed E-state index contributed by atoms with van der Waals surface area (Å²) in [6, 6.07) is 8.90. The minimum atomic E-state index is 0.207. The van der Waals surface area contributed by atoms with E-state index in [2.05, 4.69) is 48.8 Å². The van der Waals surface area contributed by atoms with Gasteiger partial charge in [0.2, 0.25) is 0 Å². The maximum Gasteiger partial charge on any atom is 0.114 e. The Hall–Kier alpha value is -0.930. The molecule has 2 nitrogen and oxygen atoms in total. The number of hydrogen-bond donors (Lipinski definition) is 1. The molecular formula is C14H19NOS. The zero-order valence-electron chi connectivity index (χ0n) is 10.4.